The fraction of sp³-hybridized carbons (Fsp3) is 0.818. The fourth-order valence-corrected chi connectivity index (χ4v) is 5.10. The summed E-state index contributed by atoms with van der Waals surface area (Å²) < 4.78 is 22.9. The largest absolute Gasteiger partial charge is 0.480 e. The van der Waals surface area contributed by atoms with E-state index in [0.717, 1.165) is 0 Å². The van der Waals surface area contributed by atoms with Gasteiger partial charge in [0, 0.05) is 19.6 Å². The molecule has 0 aliphatic carbocycles. The number of carbonyl (C=O) groups is 2. The first-order chi connectivity index (χ1) is 9.78. The van der Waals surface area contributed by atoms with E-state index in [1.54, 1.807) is 4.90 Å². The third-order valence-electron chi connectivity index (χ3n) is 3.62. The molecule has 0 radical (unpaired) electrons. The number of piperazine rings is 1. The van der Waals surface area contributed by atoms with Crippen molar-refractivity contribution in [1.82, 2.24) is 15.5 Å². The minimum atomic E-state index is -3.21. The van der Waals surface area contributed by atoms with E-state index in [1.807, 2.05) is 0 Å². The second-order valence-corrected chi connectivity index (χ2v) is 8.01. The van der Waals surface area contributed by atoms with Crippen molar-refractivity contribution in [2.75, 3.05) is 37.7 Å². The number of amides is 1. The van der Waals surface area contributed by atoms with Gasteiger partial charge in [-0.15, -0.1) is 11.6 Å². The summed E-state index contributed by atoms with van der Waals surface area (Å²) in [7, 11) is -3.21. The molecule has 21 heavy (non-hydrogen) atoms. The predicted octanol–water partition coefficient (Wildman–Crippen LogP) is -2.13. The van der Waals surface area contributed by atoms with Crippen LogP contribution in [0.3, 0.4) is 0 Å². The number of rotatable bonds is 4. The molecule has 0 bridgehead atoms. The first kappa shape index (κ1) is 16.5. The quantitative estimate of drug-likeness (QED) is 0.501. The molecular weight excluding hydrogens is 322 g/mol. The number of carboxylic acid groups (broad SMARTS) is 1. The van der Waals surface area contributed by atoms with Gasteiger partial charge in [-0.25, -0.2) is 8.42 Å². The number of hydrogen-bond donors (Lipinski definition) is 3. The SMILES string of the molecule is O=C(CN1CCNCC1C(=O)O)NC1CS(=O)(=O)CC1Cl. The van der Waals surface area contributed by atoms with Gasteiger partial charge in [-0.3, -0.25) is 14.5 Å². The molecule has 3 unspecified atom stereocenters. The monoisotopic (exact) mass is 339 g/mol. The summed E-state index contributed by atoms with van der Waals surface area (Å²) in [6.45, 7) is 1.24. The maximum Gasteiger partial charge on any atom is 0.322 e. The number of hydrogen-bond acceptors (Lipinski definition) is 6. The van der Waals surface area contributed by atoms with E-state index in [2.05, 4.69) is 10.6 Å². The first-order valence-electron chi connectivity index (χ1n) is 6.60. The molecule has 2 heterocycles. The lowest BCUT2D eigenvalue weighted by atomic mass is 10.2. The molecule has 2 rings (SSSR count). The highest BCUT2D eigenvalue weighted by molar-refractivity contribution is 7.91. The number of nitrogens with one attached hydrogen (secondary N) is 2. The van der Waals surface area contributed by atoms with Crippen molar-refractivity contribution >= 4 is 33.3 Å². The Morgan fingerprint density at radius 1 is 1.38 bits per heavy atom. The standard InChI is InChI=1S/C11H18ClN3O5S/c12-7-5-21(19,20)6-8(7)14-10(16)4-15-2-1-13-3-9(15)11(17)18/h7-9,13H,1-6H2,(H,14,16)(H,17,18). The van der Waals surface area contributed by atoms with Crippen LogP contribution >= 0.6 is 11.6 Å². The highest BCUT2D eigenvalue weighted by Gasteiger charge is 2.38. The van der Waals surface area contributed by atoms with Crippen molar-refractivity contribution in [3.8, 4) is 0 Å². The van der Waals surface area contributed by atoms with Gasteiger partial charge < -0.3 is 15.7 Å². The second kappa shape index (κ2) is 6.47. The summed E-state index contributed by atoms with van der Waals surface area (Å²) in [5.41, 5.74) is 0. The van der Waals surface area contributed by atoms with Crippen molar-refractivity contribution in [2.45, 2.75) is 17.5 Å². The Balaban J connectivity index is 1.90. The minimum Gasteiger partial charge on any atom is -0.480 e. The van der Waals surface area contributed by atoms with Crippen LogP contribution in [0, 0.1) is 0 Å². The van der Waals surface area contributed by atoms with Crippen LogP contribution in [0.2, 0.25) is 0 Å². The molecule has 2 aliphatic heterocycles. The first-order valence-corrected chi connectivity index (χ1v) is 8.86. The van der Waals surface area contributed by atoms with Crippen molar-refractivity contribution in [3.05, 3.63) is 0 Å². The van der Waals surface area contributed by atoms with Crippen LogP contribution in [-0.2, 0) is 19.4 Å². The molecule has 8 nitrogen and oxygen atoms in total. The summed E-state index contributed by atoms with van der Waals surface area (Å²) in [6, 6.07) is -1.38. The van der Waals surface area contributed by atoms with Crippen LogP contribution in [0.25, 0.3) is 0 Å². The zero-order valence-corrected chi connectivity index (χ0v) is 12.9. The predicted molar refractivity (Wildman–Crippen MR) is 76.1 cm³/mol. The molecule has 0 aromatic heterocycles. The van der Waals surface area contributed by atoms with Gasteiger partial charge in [-0.1, -0.05) is 0 Å². The van der Waals surface area contributed by atoms with Crippen LogP contribution in [0.1, 0.15) is 0 Å². The number of aliphatic carboxylic acids is 1. The molecule has 3 atom stereocenters. The molecule has 2 saturated heterocycles. The van der Waals surface area contributed by atoms with E-state index in [1.165, 1.54) is 0 Å². The molecule has 2 aliphatic rings. The van der Waals surface area contributed by atoms with Crippen LogP contribution in [0.4, 0.5) is 0 Å². The number of nitrogens with zero attached hydrogens (tertiary/aromatic N) is 1. The minimum absolute atomic E-state index is 0.0845. The summed E-state index contributed by atoms with van der Waals surface area (Å²) in [5.74, 6) is -1.72. The molecule has 1 amide bonds. The Bertz CT molecular complexity index is 526. The number of sulfone groups is 1. The van der Waals surface area contributed by atoms with Crippen LogP contribution in [0.5, 0.6) is 0 Å². The Hall–Kier alpha value is -0.900. The van der Waals surface area contributed by atoms with Crippen LogP contribution in [-0.4, -0.2) is 85.4 Å². The zero-order chi connectivity index (χ0) is 15.6. The van der Waals surface area contributed by atoms with Crippen LogP contribution < -0.4 is 10.6 Å². The summed E-state index contributed by atoms with van der Waals surface area (Å²) in [5, 5.41) is 14.0. The topological polar surface area (TPSA) is 116 Å². The molecular formula is C11H18ClN3O5S. The highest BCUT2D eigenvalue weighted by Crippen LogP contribution is 2.18. The molecule has 0 aromatic carbocycles. The third-order valence-corrected chi connectivity index (χ3v) is 5.99. The summed E-state index contributed by atoms with van der Waals surface area (Å²) >= 11 is 5.92. The Morgan fingerprint density at radius 2 is 2.10 bits per heavy atom. The number of alkyl halides is 1. The maximum absolute atomic E-state index is 12.0. The van der Waals surface area contributed by atoms with Crippen LogP contribution in [0.15, 0.2) is 0 Å². The third kappa shape index (κ3) is 4.29. The van der Waals surface area contributed by atoms with Gasteiger partial charge in [0.1, 0.15) is 6.04 Å². The maximum atomic E-state index is 12.0. The van der Waals surface area contributed by atoms with E-state index >= 15 is 0 Å². The number of carboxylic acids is 1. The molecule has 3 N–H and O–H groups in total. The molecule has 0 spiro atoms. The van der Waals surface area contributed by atoms with Crippen molar-refractivity contribution in [2.24, 2.45) is 0 Å². The average molecular weight is 340 g/mol. The lowest BCUT2D eigenvalue weighted by Crippen LogP contribution is -2.58. The van der Waals surface area contributed by atoms with Gasteiger partial charge in [0.15, 0.2) is 9.84 Å². The van der Waals surface area contributed by atoms with Gasteiger partial charge >= 0.3 is 5.97 Å². The average Bonchev–Trinajstić information content (AvgIpc) is 2.62. The molecule has 2 fully saturated rings. The molecule has 10 heteroatoms. The fourth-order valence-electron chi connectivity index (χ4n) is 2.55. The van der Waals surface area contributed by atoms with E-state index in [4.69, 9.17) is 16.7 Å². The van der Waals surface area contributed by atoms with E-state index in [0.29, 0.717) is 13.1 Å². The Kier molecular flexibility index (Phi) is 5.07. The van der Waals surface area contributed by atoms with Gasteiger partial charge in [0.05, 0.1) is 29.5 Å². The van der Waals surface area contributed by atoms with E-state index < -0.39 is 39.2 Å². The van der Waals surface area contributed by atoms with E-state index in [-0.39, 0.29) is 24.6 Å². The highest BCUT2D eigenvalue weighted by atomic mass is 35.5. The lowest BCUT2D eigenvalue weighted by molar-refractivity contribution is -0.144. The molecule has 0 aromatic rings. The normalized spacial score (nSPS) is 32.7. The summed E-state index contributed by atoms with van der Waals surface area (Å²) in [6.07, 6.45) is 0. The second-order valence-electron chi connectivity index (χ2n) is 5.30. The molecule has 120 valence electrons. The number of carbonyl (C=O) groups excluding carboxylic acids is 1. The van der Waals surface area contributed by atoms with Gasteiger partial charge in [-0.2, -0.15) is 0 Å². The summed E-state index contributed by atoms with van der Waals surface area (Å²) in [4.78, 5) is 24.6. The van der Waals surface area contributed by atoms with Crippen molar-refractivity contribution in [1.29, 1.82) is 0 Å². The Morgan fingerprint density at radius 3 is 2.67 bits per heavy atom. The van der Waals surface area contributed by atoms with Gasteiger partial charge in [-0.05, 0) is 0 Å². The molecule has 0 saturated carbocycles. The zero-order valence-electron chi connectivity index (χ0n) is 11.3. The lowest BCUT2D eigenvalue weighted by Gasteiger charge is -2.33. The number of halogens is 1. The van der Waals surface area contributed by atoms with E-state index in [9.17, 15) is 18.0 Å². The van der Waals surface area contributed by atoms with Crippen molar-refractivity contribution in [3.63, 3.8) is 0 Å². The Labute approximate surface area is 127 Å². The smallest absolute Gasteiger partial charge is 0.322 e. The van der Waals surface area contributed by atoms with Crippen molar-refractivity contribution < 1.29 is 23.1 Å². The van der Waals surface area contributed by atoms with Gasteiger partial charge in [0.2, 0.25) is 5.91 Å². The van der Waals surface area contributed by atoms with Gasteiger partial charge in [0.25, 0.3) is 0 Å².